The van der Waals surface area contributed by atoms with Gasteiger partial charge in [-0.1, -0.05) is 18.2 Å². The van der Waals surface area contributed by atoms with E-state index in [-0.39, 0.29) is 5.91 Å². The van der Waals surface area contributed by atoms with Crippen LogP contribution in [-0.4, -0.2) is 21.1 Å². The summed E-state index contributed by atoms with van der Waals surface area (Å²) in [6.07, 6.45) is 0. The zero-order valence-electron chi connectivity index (χ0n) is 10.8. The number of nitrogens with zero attached hydrogens (tertiary/aromatic N) is 2. The number of hydrogen-bond donors (Lipinski definition) is 2. The van der Waals surface area contributed by atoms with Crippen molar-refractivity contribution in [2.24, 2.45) is 0 Å². The number of fused-ring (bicyclic) bond motifs is 2. The molecule has 4 rings (SSSR count). The average molecular weight is 294 g/mol. The first-order chi connectivity index (χ1) is 10.3. The van der Waals surface area contributed by atoms with Crippen LogP contribution in [0.1, 0.15) is 10.5 Å². The molecular weight excluding hydrogens is 284 g/mol. The lowest BCUT2D eigenvalue weighted by Gasteiger charge is -2.03. The zero-order chi connectivity index (χ0) is 14.2. The predicted octanol–water partition coefficient (Wildman–Crippen LogP) is 3.42. The van der Waals surface area contributed by atoms with Gasteiger partial charge in [0.1, 0.15) is 0 Å². The van der Waals surface area contributed by atoms with Gasteiger partial charge in [0.15, 0.2) is 5.69 Å². The second kappa shape index (κ2) is 4.68. The van der Waals surface area contributed by atoms with Gasteiger partial charge in [-0.15, -0.1) is 11.3 Å². The highest BCUT2D eigenvalue weighted by molar-refractivity contribution is 7.16. The van der Waals surface area contributed by atoms with Crippen LogP contribution in [0.3, 0.4) is 0 Å². The zero-order valence-corrected chi connectivity index (χ0v) is 11.6. The molecular formula is C15H10N4OS. The number of nitrogens with one attached hydrogen (secondary N) is 2. The van der Waals surface area contributed by atoms with Crippen molar-refractivity contribution in [3.63, 3.8) is 0 Å². The standard InChI is InChI=1S/C15H10N4OS/c20-15(14-10-3-1-2-4-11(10)18-19-14)17-9-5-6-13-12(7-9)16-8-21-13/h1-8H,(H,17,20)(H,18,19). The molecule has 0 saturated heterocycles. The van der Waals surface area contributed by atoms with E-state index in [1.807, 2.05) is 42.5 Å². The molecule has 0 aliphatic carbocycles. The van der Waals surface area contributed by atoms with E-state index in [1.165, 1.54) is 0 Å². The maximum Gasteiger partial charge on any atom is 0.276 e. The van der Waals surface area contributed by atoms with Gasteiger partial charge in [-0.25, -0.2) is 4.98 Å². The van der Waals surface area contributed by atoms with Crippen molar-refractivity contribution in [3.8, 4) is 0 Å². The van der Waals surface area contributed by atoms with Gasteiger partial charge in [-0.2, -0.15) is 5.10 Å². The Bertz CT molecular complexity index is 956. The van der Waals surface area contributed by atoms with Gasteiger partial charge in [0.2, 0.25) is 0 Å². The van der Waals surface area contributed by atoms with E-state index in [0.29, 0.717) is 11.4 Å². The quantitative estimate of drug-likeness (QED) is 0.595. The molecule has 5 nitrogen and oxygen atoms in total. The normalized spacial score (nSPS) is 11.0. The Labute approximate surface area is 123 Å². The Morgan fingerprint density at radius 2 is 2.10 bits per heavy atom. The van der Waals surface area contributed by atoms with Gasteiger partial charge in [0, 0.05) is 11.1 Å². The molecule has 0 unspecified atom stereocenters. The minimum absolute atomic E-state index is 0.234. The lowest BCUT2D eigenvalue weighted by molar-refractivity contribution is 0.102. The number of thiazole rings is 1. The van der Waals surface area contributed by atoms with E-state index in [9.17, 15) is 4.79 Å². The number of amides is 1. The lowest BCUT2D eigenvalue weighted by atomic mass is 10.2. The van der Waals surface area contributed by atoms with Crippen molar-refractivity contribution < 1.29 is 4.79 Å². The third-order valence-corrected chi connectivity index (χ3v) is 4.08. The van der Waals surface area contributed by atoms with Gasteiger partial charge in [0.05, 0.1) is 21.2 Å². The number of aromatic amines is 1. The van der Waals surface area contributed by atoms with Crippen LogP contribution < -0.4 is 5.32 Å². The number of rotatable bonds is 2. The summed E-state index contributed by atoms with van der Waals surface area (Å²) < 4.78 is 1.10. The molecule has 0 aliphatic rings. The Morgan fingerprint density at radius 1 is 1.19 bits per heavy atom. The second-order valence-electron chi connectivity index (χ2n) is 4.61. The van der Waals surface area contributed by atoms with Crippen molar-refractivity contribution >= 4 is 44.1 Å². The van der Waals surface area contributed by atoms with Crippen molar-refractivity contribution in [2.75, 3.05) is 5.32 Å². The van der Waals surface area contributed by atoms with Gasteiger partial charge >= 0.3 is 0 Å². The highest BCUT2D eigenvalue weighted by Gasteiger charge is 2.14. The summed E-state index contributed by atoms with van der Waals surface area (Å²) in [6.45, 7) is 0. The molecule has 0 spiro atoms. The predicted molar refractivity (Wildman–Crippen MR) is 83.7 cm³/mol. The Balaban J connectivity index is 1.68. The van der Waals surface area contributed by atoms with Gasteiger partial charge in [0.25, 0.3) is 5.91 Å². The van der Waals surface area contributed by atoms with E-state index in [1.54, 1.807) is 16.8 Å². The molecule has 2 heterocycles. The van der Waals surface area contributed by atoms with Gasteiger partial charge < -0.3 is 5.32 Å². The fourth-order valence-electron chi connectivity index (χ4n) is 2.26. The molecule has 4 aromatic rings. The first-order valence-electron chi connectivity index (χ1n) is 6.39. The number of anilines is 1. The molecule has 0 fully saturated rings. The Hall–Kier alpha value is -2.73. The van der Waals surface area contributed by atoms with Gasteiger partial charge in [-0.05, 0) is 24.3 Å². The largest absolute Gasteiger partial charge is 0.320 e. The van der Waals surface area contributed by atoms with Crippen molar-refractivity contribution in [2.45, 2.75) is 0 Å². The van der Waals surface area contributed by atoms with E-state index >= 15 is 0 Å². The molecule has 2 aromatic carbocycles. The minimum atomic E-state index is -0.234. The number of benzene rings is 2. The molecule has 2 aromatic heterocycles. The lowest BCUT2D eigenvalue weighted by Crippen LogP contribution is -2.12. The van der Waals surface area contributed by atoms with Crippen LogP contribution in [0.2, 0.25) is 0 Å². The minimum Gasteiger partial charge on any atom is -0.320 e. The monoisotopic (exact) mass is 294 g/mol. The second-order valence-corrected chi connectivity index (χ2v) is 5.49. The van der Waals surface area contributed by atoms with Crippen LogP contribution in [0.4, 0.5) is 5.69 Å². The van der Waals surface area contributed by atoms with Crippen molar-refractivity contribution in [1.29, 1.82) is 0 Å². The molecule has 102 valence electrons. The molecule has 21 heavy (non-hydrogen) atoms. The van der Waals surface area contributed by atoms with E-state index < -0.39 is 0 Å². The van der Waals surface area contributed by atoms with Crippen LogP contribution in [0.5, 0.6) is 0 Å². The Kier molecular flexibility index (Phi) is 2.68. The smallest absolute Gasteiger partial charge is 0.276 e. The number of carbonyl (C=O) groups is 1. The molecule has 1 amide bonds. The fraction of sp³-hybridized carbons (Fsp3) is 0. The van der Waals surface area contributed by atoms with E-state index in [2.05, 4.69) is 20.5 Å². The van der Waals surface area contributed by atoms with Crippen molar-refractivity contribution in [1.82, 2.24) is 15.2 Å². The molecule has 0 aliphatic heterocycles. The fourth-order valence-corrected chi connectivity index (χ4v) is 2.92. The molecule has 6 heteroatoms. The number of aromatic nitrogens is 3. The topological polar surface area (TPSA) is 70.7 Å². The summed E-state index contributed by atoms with van der Waals surface area (Å²) in [4.78, 5) is 16.6. The summed E-state index contributed by atoms with van der Waals surface area (Å²) in [7, 11) is 0. The van der Waals surface area contributed by atoms with Gasteiger partial charge in [-0.3, -0.25) is 9.89 Å². The molecule has 0 bridgehead atoms. The highest BCUT2D eigenvalue weighted by Crippen LogP contribution is 2.22. The average Bonchev–Trinajstić information content (AvgIpc) is 3.13. The van der Waals surface area contributed by atoms with Crippen LogP contribution >= 0.6 is 11.3 Å². The Morgan fingerprint density at radius 3 is 3.05 bits per heavy atom. The summed E-state index contributed by atoms with van der Waals surface area (Å²) in [5.74, 6) is -0.234. The summed E-state index contributed by atoms with van der Waals surface area (Å²) in [5, 5.41) is 10.6. The third-order valence-electron chi connectivity index (χ3n) is 3.27. The molecule has 0 saturated carbocycles. The maximum absolute atomic E-state index is 12.4. The number of H-pyrrole nitrogens is 1. The summed E-state index contributed by atoms with van der Waals surface area (Å²) in [6, 6.07) is 13.2. The van der Waals surface area contributed by atoms with Crippen LogP contribution in [0.25, 0.3) is 21.1 Å². The molecule has 0 atom stereocenters. The number of carbonyl (C=O) groups excluding carboxylic acids is 1. The van der Waals surface area contributed by atoms with Crippen LogP contribution in [0, 0.1) is 0 Å². The highest BCUT2D eigenvalue weighted by atomic mass is 32.1. The molecule has 0 radical (unpaired) electrons. The van der Waals surface area contributed by atoms with E-state index in [4.69, 9.17) is 0 Å². The molecule has 2 N–H and O–H groups in total. The first-order valence-corrected chi connectivity index (χ1v) is 7.27. The summed E-state index contributed by atoms with van der Waals surface area (Å²) >= 11 is 1.57. The van der Waals surface area contributed by atoms with Crippen molar-refractivity contribution in [3.05, 3.63) is 53.7 Å². The van der Waals surface area contributed by atoms with Crippen LogP contribution in [-0.2, 0) is 0 Å². The van der Waals surface area contributed by atoms with E-state index in [0.717, 1.165) is 21.1 Å². The third kappa shape index (κ3) is 2.05. The van der Waals surface area contributed by atoms with Crippen LogP contribution in [0.15, 0.2) is 48.0 Å². The maximum atomic E-state index is 12.4. The number of hydrogen-bond acceptors (Lipinski definition) is 4. The first kappa shape index (κ1) is 12.0. The number of para-hydroxylation sites is 1. The summed E-state index contributed by atoms with van der Waals surface area (Å²) in [5.41, 5.74) is 4.62. The SMILES string of the molecule is O=C(Nc1ccc2scnc2c1)c1n[nH]c2ccccc12.